The minimum absolute atomic E-state index is 0.0401. The van der Waals surface area contributed by atoms with Crippen molar-refractivity contribution in [1.29, 1.82) is 0 Å². The van der Waals surface area contributed by atoms with Crippen LogP contribution >= 0.6 is 12.2 Å². The number of pyridine rings is 1. The monoisotopic (exact) mass is 554 g/mol. The summed E-state index contributed by atoms with van der Waals surface area (Å²) in [5.74, 6) is 0.711. The van der Waals surface area contributed by atoms with E-state index in [1.165, 1.54) is 7.11 Å². The molecule has 2 aromatic carbocycles. The van der Waals surface area contributed by atoms with E-state index in [0.717, 1.165) is 28.2 Å². The van der Waals surface area contributed by atoms with E-state index in [-0.39, 0.29) is 23.9 Å². The molecule has 1 saturated heterocycles. The van der Waals surface area contributed by atoms with Crippen molar-refractivity contribution in [3.05, 3.63) is 102 Å². The Morgan fingerprint density at radius 2 is 1.90 bits per heavy atom. The van der Waals surface area contributed by atoms with Crippen LogP contribution in [0.25, 0.3) is 11.3 Å². The number of thiocarbonyl (C=S) groups is 1. The van der Waals surface area contributed by atoms with Crippen molar-refractivity contribution in [2.45, 2.75) is 32.9 Å². The number of carbonyl (C=O) groups excluding carboxylic acids is 2. The Bertz CT molecular complexity index is 1570. The Kier molecular flexibility index (Phi) is 7.66. The van der Waals surface area contributed by atoms with Gasteiger partial charge in [0.05, 0.1) is 24.4 Å². The number of ether oxygens (including phenoxy) is 1. The highest BCUT2D eigenvalue weighted by Crippen LogP contribution is 2.43. The Balaban J connectivity index is 1.54. The predicted molar refractivity (Wildman–Crippen MR) is 158 cm³/mol. The Labute approximate surface area is 238 Å². The van der Waals surface area contributed by atoms with E-state index in [0.29, 0.717) is 22.2 Å². The number of aryl methyl sites for hydroxylation is 1. The lowest BCUT2D eigenvalue weighted by atomic mass is 10.0. The average molecular weight is 555 g/mol. The van der Waals surface area contributed by atoms with Gasteiger partial charge in [-0.25, -0.2) is 4.79 Å². The van der Waals surface area contributed by atoms with Gasteiger partial charge >= 0.3 is 5.97 Å². The third kappa shape index (κ3) is 5.33. The van der Waals surface area contributed by atoms with Gasteiger partial charge in [0.25, 0.3) is 0 Å². The zero-order chi connectivity index (χ0) is 28.4. The highest BCUT2D eigenvalue weighted by Gasteiger charge is 2.42. The number of carbonyl (C=O) groups is 2. The largest absolute Gasteiger partial charge is 0.465 e. The second kappa shape index (κ2) is 11.3. The molecular weight excluding hydrogens is 524 g/mol. The van der Waals surface area contributed by atoms with Crippen LogP contribution in [-0.2, 0) is 9.53 Å². The molecule has 0 bridgehead atoms. The van der Waals surface area contributed by atoms with Crippen LogP contribution in [0.2, 0.25) is 0 Å². The second-order valence-corrected chi connectivity index (χ2v) is 10.3. The fourth-order valence-corrected chi connectivity index (χ4v) is 5.07. The van der Waals surface area contributed by atoms with Crippen molar-refractivity contribution in [2.75, 3.05) is 17.3 Å². The second-order valence-electron chi connectivity index (χ2n) is 9.91. The maximum atomic E-state index is 12.3. The zero-order valence-corrected chi connectivity index (χ0v) is 23.5. The molecule has 0 unspecified atom stereocenters. The first-order valence-corrected chi connectivity index (χ1v) is 13.4. The number of methoxy groups -OCH3 is 1. The van der Waals surface area contributed by atoms with Crippen molar-refractivity contribution in [3.8, 4) is 11.3 Å². The van der Waals surface area contributed by atoms with Gasteiger partial charge in [0.1, 0.15) is 17.6 Å². The lowest BCUT2D eigenvalue weighted by Crippen LogP contribution is -2.29. The molecule has 0 aliphatic carbocycles. The Morgan fingerprint density at radius 1 is 1.07 bits per heavy atom. The van der Waals surface area contributed by atoms with E-state index in [1.54, 1.807) is 24.4 Å². The van der Waals surface area contributed by atoms with Crippen molar-refractivity contribution in [3.63, 3.8) is 0 Å². The molecule has 1 amide bonds. The lowest BCUT2D eigenvalue weighted by molar-refractivity contribution is -0.118. The van der Waals surface area contributed by atoms with Gasteiger partial charge in [0.15, 0.2) is 5.11 Å². The van der Waals surface area contributed by atoms with Crippen LogP contribution in [0.15, 0.2) is 83.4 Å². The molecular formula is C31H30N4O4S. The van der Waals surface area contributed by atoms with E-state index in [2.05, 4.69) is 15.6 Å². The summed E-state index contributed by atoms with van der Waals surface area (Å²) in [5, 5.41) is 6.95. The molecule has 8 nitrogen and oxygen atoms in total. The highest BCUT2D eigenvalue weighted by molar-refractivity contribution is 7.80. The molecule has 1 fully saturated rings. The molecule has 3 heterocycles. The summed E-state index contributed by atoms with van der Waals surface area (Å²) in [5.41, 5.74) is 4.53. The molecule has 0 saturated carbocycles. The molecule has 204 valence electrons. The van der Waals surface area contributed by atoms with Gasteiger partial charge in [-0.1, -0.05) is 32.0 Å². The molecule has 1 aliphatic heterocycles. The van der Waals surface area contributed by atoms with Gasteiger partial charge in [-0.05, 0) is 79.3 Å². The van der Waals surface area contributed by atoms with E-state index in [4.69, 9.17) is 21.4 Å². The first-order valence-electron chi connectivity index (χ1n) is 13.0. The third-order valence-corrected chi connectivity index (χ3v) is 7.17. The van der Waals surface area contributed by atoms with Gasteiger partial charge in [0, 0.05) is 29.1 Å². The van der Waals surface area contributed by atoms with Crippen LogP contribution in [0.5, 0.6) is 0 Å². The van der Waals surface area contributed by atoms with Gasteiger partial charge < -0.3 is 24.7 Å². The lowest BCUT2D eigenvalue weighted by Gasteiger charge is -2.27. The maximum absolute atomic E-state index is 12.3. The number of aromatic nitrogens is 1. The molecule has 4 aromatic rings. The Hall–Kier alpha value is -4.50. The van der Waals surface area contributed by atoms with E-state index < -0.39 is 5.97 Å². The van der Waals surface area contributed by atoms with Crippen molar-refractivity contribution in [1.82, 2.24) is 10.3 Å². The number of hydrogen-bond acceptors (Lipinski definition) is 6. The number of nitrogens with one attached hydrogen (secondary N) is 2. The molecule has 2 N–H and O–H groups in total. The van der Waals surface area contributed by atoms with Crippen LogP contribution in [0.3, 0.4) is 0 Å². The fraction of sp³-hybridized carbons (Fsp3) is 0.226. The first-order chi connectivity index (χ1) is 19.3. The van der Waals surface area contributed by atoms with Gasteiger partial charge in [0.2, 0.25) is 5.91 Å². The van der Waals surface area contributed by atoms with Crippen molar-refractivity contribution >= 4 is 40.6 Å². The number of furan rings is 1. The van der Waals surface area contributed by atoms with Crippen LogP contribution in [0, 0.1) is 12.8 Å². The molecule has 0 radical (unpaired) electrons. The maximum Gasteiger partial charge on any atom is 0.337 e. The molecule has 2 atom stereocenters. The minimum atomic E-state index is -0.413. The predicted octanol–water partition coefficient (Wildman–Crippen LogP) is 6.21. The first kappa shape index (κ1) is 27.1. The van der Waals surface area contributed by atoms with E-state index >= 15 is 0 Å². The van der Waals surface area contributed by atoms with Crippen LogP contribution in [0.1, 0.15) is 53.3 Å². The summed E-state index contributed by atoms with van der Waals surface area (Å²) in [6.07, 6.45) is 1.75. The van der Waals surface area contributed by atoms with Crippen LogP contribution in [-0.4, -0.2) is 29.1 Å². The van der Waals surface area contributed by atoms with Crippen LogP contribution in [0.4, 0.5) is 11.4 Å². The topological polar surface area (TPSA) is 96.7 Å². The van der Waals surface area contributed by atoms with E-state index in [9.17, 15) is 9.59 Å². The molecule has 1 aliphatic rings. The third-order valence-electron chi connectivity index (χ3n) is 6.85. The van der Waals surface area contributed by atoms with Gasteiger partial charge in [-0.15, -0.1) is 0 Å². The van der Waals surface area contributed by atoms with Crippen molar-refractivity contribution < 1.29 is 18.7 Å². The molecule has 40 heavy (non-hydrogen) atoms. The standard InChI is InChI=1S/C31H30N4O4S/c1-18(2)29(36)33-23-12-11-22(16-19(23)3)35-28(27(34-31(35)40)24-10-5-6-15-32-24)26-14-13-25(39-26)20-8-7-9-21(17-20)30(37)38-4/h5-18,27-28H,1-4H3,(H,33,36)(H,34,40)/t27-,28+/m0/s1. The minimum Gasteiger partial charge on any atom is -0.465 e. The zero-order valence-electron chi connectivity index (χ0n) is 22.7. The van der Waals surface area contributed by atoms with Crippen molar-refractivity contribution in [2.24, 2.45) is 5.92 Å². The molecule has 5 rings (SSSR count). The number of anilines is 2. The van der Waals surface area contributed by atoms with E-state index in [1.807, 2.05) is 80.3 Å². The smallest absolute Gasteiger partial charge is 0.337 e. The summed E-state index contributed by atoms with van der Waals surface area (Å²) < 4.78 is 11.3. The average Bonchev–Trinajstić information content (AvgIpc) is 3.59. The quantitative estimate of drug-likeness (QED) is 0.206. The summed E-state index contributed by atoms with van der Waals surface area (Å²) in [6, 6.07) is 21.9. The summed E-state index contributed by atoms with van der Waals surface area (Å²) in [6.45, 7) is 5.68. The number of esters is 1. The van der Waals surface area contributed by atoms with Gasteiger partial charge in [-0.2, -0.15) is 0 Å². The molecule has 2 aromatic heterocycles. The van der Waals surface area contributed by atoms with Crippen LogP contribution < -0.4 is 15.5 Å². The number of nitrogens with zero attached hydrogens (tertiary/aromatic N) is 2. The highest BCUT2D eigenvalue weighted by atomic mass is 32.1. The fourth-order valence-electron chi connectivity index (χ4n) is 4.72. The molecule has 9 heteroatoms. The number of benzene rings is 2. The number of rotatable bonds is 7. The van der Waals surface area contributed by atoms with Gasteiger partial charge in [-0.3, -0.25) is 9.78 Å². The summed E-state index contributed by atoms with van der Waals surface area (Å²) in [7, 11) is 1.36. The Morgan fingerprint density at radius 3 is 2.60 bits per heavy atom. The SMILES string of the molecule is COC(=O)c1cccc(-c2ccc([C@@H]3[C@H](c4ccccn4)NC(=S)N3c3ccc(NC(=O)C(C)C)c(C)c3)o2)c1. The molecule has 0 spiro atoms. The number of amides is 1. The normalized spacial score (nSPS) is 16.6. The number of hydrogen-bond donors (Lipinski definition) is 2. The summed E-state index contributed by atoms with van der Waals surface area (Å²) >= 11 is 5.84. The summed E-state index contributed by atoms with van der Waals surface area (Å²) in [4.78, 5) is 31.0.